The molecule has 0 N–H and O–H groups in total. The van der Waals surface area contributed by atoms with Crippen molar-refractivity contribution in [2.75, 3.05) is 14.2 Å². The van der Waals surface area contributed by atoms with Gasteiger partial charge in [0.1, 0.15) is 11.3 Å². The molecule has 0 aliphatic rings. The zero-order valence-corrected chi connectivity index (χ0v) is 21.7. The first-order chi connectivity index (χ1) is 17.3. The molecule has 4 rings (SSSR count). The van der Waals surface area contributed by atoms with Gasteiger partial charge in [0.2, 0.25) is 0 Å². The lowest BCUT2D eigenvalue weighted by molar-refractivity contribution is -0.145. The fraction of sp³-hybridized carbons (Fsp3) is 0.345. The second-order valence-electron chi connectivity index (χ2n) is 9.18. The molecule has 3 aromatic carbocycles. The van der Waals surface area contributed by atoms with Crippen LogP contribution in [0.4, 0.5) is 0 Å². The van der Waals surface area contributed by atoms with Crippen LogP contribution in [0.2, 0.25) is 0 Å². The molecule has 0 spiro atoms. The van der Waals surface area contributed by atoms with Crippen LogP contribution in [-0.4, -0.2) is 35.2 Å². The number of esters is 1. The summed E-state index contributed by atoms with van der Waals surface area (Å²) < 4.78 is 18.2. The van der Waals surface area contributed by atoms with Gasteiger partial charge >= 0.3 is 5.97 Å². The number of methoxy groups -OCH3 is 2. The normalized spacial score (nSPS) is 12.9. The lowest BCUT2D eigenvalue weighted by Gasteiger charge is -2.26. The number of benzene rings is 3. The third-order valence-electron chi connectivity index (χ3n) is 6.90. The number of carbonyl (C=O) groups is 1. The molecule has 1 aromatic heterocycles. The maximum absolute atomic E-state index is 12.7. The zero-order valence-electron chi connectivity index (χ0n) is 21.7. The van der Waals surface area contributed by atoms with E-state index in [1.165, 1.54) is 7.11 Å². The molecule has 1 heterocycles. The standard InChI is InChI=1S/C29H33N3O4/c1-18-7-10-22(15-23(18)17-36-16-21-8-11-24(34-5)12-9-21)27(20(3)29(33)35-6)25-13-14-26-28(19(25)2)30-31-32(26)4/h7-15,20,27H,16-17H2,1-6H3/t20-,27-/m0/s1. The van der Waals surface area contributed by atoms with E-state index in [0.29, 0.717) is 13.2 Å². The molecule has 7 heteroatoms. The molecule has 0 aliphatic heterocycles. The Labute approximate surface area is 212 Å². The van der Waals surface area contributed by atoms with Crippen LogP contribution >= 0.6 is 0 Å². The van der Waals surface area contributed by atoms with Gasteiger partial charge in [-0.2, -0.15) is 0 Å². The van der Waals surface area contributed by atoms with Crippen LogP contribution in [0, 0.1) is 19.8 Å². The second-order valence-corrected chi connectivity index (χ2v) is 9.18. The van der Waals surface area contributed by atoms with E-state index >= 15 is 0 Å². The van der Waals surface area contributed by atoms with Gasteiger partial charge in [-0.05, 0) is 65.4 Å². The minimum Gasteiger partial charge on any atom is -0.497 e. The molecule has 0 aliphatic carbocycles. The van der Waals surface area contributed by atoms with Gasteiger partial charge in [0.15, 0.2) is 0 Å². The molecule has 188 valence electrons. The molecule has 2 atom stereocenters. The van der Waals surface area contributed by atoms with Gasteiger partial charge < -0.3 is 14.2 Å². The number of hydrogen-bond donors (Lipinski definition) is 0. The van der Waals surface area contributed by atoms with Crippen molar-refractivity contribution in [2.45, 2.75) is 39.9 Å². The number of rotatable bonds is 9. The largest absolute Gasteiger partial charge is 0.497 e. The second kappa shape index (κ2) is 10.9. The van der Waals surface area contributed by atoms with E-state index in [0.717, 1.165) is 50.2 Å². The molecule has 7 nitrogen and oxygen atoms in total. The summed E-state index contributed by atoms with van der Waals surface area (Å²) in [5, 5.41) is 8.53. The molecule has 4 aromatic rings. The van der Waals surface area contributed by atoms with Gasteiger partial charge in [0, 0.05) is 13.0 Å². The SMILES string of the molecule is COC(=O)[C@@H](C)[C@@H](c1ccc(C)c(COCc2ccc(OC)cc2)c1)c1ccc2c(nnn2C)c1C. The van der Waals surface area contributed by atoms with Crippen LogP contribution in [0.15, 0.2) is 54.6 Å². The fourth-order valence-electron chi connectivity index (χ4n) is 4.69. The van der Waals surface area contributed by atoms with E-state index in [2.05, 4.69) is 41.5 Å². The van der Waals surface area contributed by atoms with Gasteiger partial charge in [-0.25, -0.2) is 4.68 Å². The number of hydrogen-bond acceptors (Lipinski definition) is 6. The van der Waals surface area contributed by atoms with E-state index < -0.39 is 5.92 Å². The lowest BCUT2D eigenvalue weighted by Crippen LogP contribution is -2.23. The Hall–Kier alpha value is -3.71. The smallest absolute Gasteiger partial charge is 0.309 e. The molecule has 36 heavy (non-hydrogen) atoms. The average molecular weight is 488 g/mol. The molecule has 0 amide bonds. The Balaban J connectivity index is 1.65. The summed E-state index contributed by atoms with van der Waals surface area (Å²) in [4.78, 5) is 12.7. The first kappa shape index (κ1) is 25.4. The predicted molar refractivity (Wildman–Crippen MR) is 139 cm³/mol. The highest BCUT2D eigenvalue weighted by molar-refractivity contribution is 5.81. The quantitative estimate of drug-likeness (QED) is 0.300. The Morgan fingerprint density at radius 1 is 1.00 bits per heavy atom. The Morgan fingerprint density at radius 2 is 1.75 bits per heavy atom. The summed E-state index contributed by atoms with van der Waals surface area (Å²) in [6, 6.07) is 18.3. The minimum atomic E-state index is -0.390. The van der Waals surface area contributed by atoms with Crippen molar-refractivity contribution >= 4 is 17.0 Å². The zero-order chi connectivity index (χ0) is 25.8. The predicted octanol–water partition coefficient (Wildman–Crippen LogP) is 5.25. The summed E-state index contributed by atoms with van der Waals surface area (Å²) in [6.45, 7) is 6.99. The number of carbonyl (C=O) groups excluding carboxylic acids is 1. The monoisotopic (exact) mass is 487 g/mol. The van der Waals surface area contributed by atoms with Crippen molar-refractivity contribution < 1.29 is 19.0 Å². The summed E-state index contributed by atoms with van der Waals surface area (Å²) in [6.07, 6.45) is 0. The Bertz CT molecular complexity index is 1360. The van der Waals surface area contributed by atoms with Crippen molar-refractivity contribution in [3.05, 3.63) is 88.0 Å². The van der Waals surface area contributed by atoms with E-state index in [-0.39, 0.29) is 11.9 Å². The van der Waals surface area contributed by atoms with Crippen LogP contribution in [0.1, 0.15) is 46.2 Å². The third-order valence-corrected chi connectivity index (χ3v) is 6.90. The maximum atomic E-state index is 12.7. The Kier molecular flexibility index (Phi) is 7.70. The summed E-state index contributed by atoms with van der Waals surface area (Å²) in [7, 11) is 4.96. The molecule has 0 bridgehead atoms. The highest BCUT2D eigenvalue weighted by Crippen LogP contribution is 2.37. The van der Waals surface area contributed by atoms with Crippen LogP contribution in [0.25, 0.3) is 11.0 Å². The molecule has 0 radical (unpaired) electrons. The van der Waals surface area contributed by atoms with Crippen LogP contribution in [0.3, 0.4) is 0 Å². The van der Waals surface area contributed by atoms with Gasteiger partial charge in [-0.1, -0.05) is 48.5 Å². The van der Waals surface area contributed by atoms with Crippen molar-refractivity contribution in [3.63, 3.8) is 0 Å². The first-order valence-corrected chi connectivity index (χ1v) is 12.0. The van der Waals surface area contributed by atoms with Crippen LogP contribution in [0.5, 0.6) is 5.75 Å². The van der Waals surface area contributed by atoms with Gasteiger partial charge in [-0.15, -0.1) is 5.10 Å². The first-order valence-electron chi connectivity index (χ1n) is 12.0. The summed E-state index contributed by atoms with van der Waals surface area (Å²) in [5.41, 5.74) is 8.18. The van der Waals surface area contributed by atoms with E-state index in [9.17, 15) is 4.79 Å². The maximum Gasteiger partial charge on any atom is 0.309 e. The van der Waals surface area contributed by atoms with Crippen molar-refractivity contribution in [1.29, 1.82) is 0 Å². The minimum absolute atomic E-state index is 0.204. The van der Waals surface area contributed by atoms with Crippen molar-refractivity contribution in [2.24, 2.45) is 13.0 Å². The highest BCUT2D eigenvalue weighted by atomic mass is 16.5. The molecular weight excluding hydrogens is 454 g/mol. The molecule has 0 unspecified atom stereocenters. The number of aryl methyl sites for hydroxylation is 3. The van der Waals surface area contributed by atoms with E-state index in [4.69, 9.17) is 14.2 Å². The van der Waals surface area contributed by atoms with E-state index in [1.54, 1.807) is 11.8 Å². The number of fused-ring (bicyclic) bond motifs is 1. The van der Waals surface area contributed by atoms with Gasteiger partial charge in [0.25, 0.3) is 0 Å². The highest BCUT2D eigenvalue weighted by Gasteiger charge is 2.30. The number of aromatic nitrogens is 3. The van der Waals surface area contributed by atoms with Crippen molar-refractivity contribution in [1.82, 2.24) is 15.0 Å². The lowest BCUT2D eigenvalue weighted by atomic mass is 9.79. The van der Waals surface area contributed by atoms with Crippen molar-refractivity contribution in [3.8, 4) is 5.75 Å². The van der Waals surface area contributed by atoms with Gasteiger partial charge in [-0.3, -0.25) is 4.79 Å². The average Bonchev–Trinajstić information content (AvgIpc) is 3.28. The third kappa shape index (κ3) is 5.11. The molecule has 0 fully saturated rings. The van der Waals surface area contributed by atoms with Crippen LogP contribution < -0.4 is 4.74 Å². The Morgan fingerprint density at radius 3 is 2.44 bits per heavy atom. The van der Waals surface area contributed by atoms with Crippen LogP contribution in [-0.2, 0) is 34.5 Å². The number of ether oxygens (including phenoxy) is 3. The number of nitrogens with zero attached hydrogens (tertiary/aromatic N) is 3. The van der Waals surface area contributed by atoms with Gasteiger partial charge in [0.05, 0.1) is 38.9 Å². The summed E-state index contributed by atoms with van der Waals surface area (Å²) in [5.74, 6) is -0.0251. The van der Waals surface area contributed by atoms with E-state index in [1.807, 2.05) is 51.2 Å². The fourth-order valence-corrected chi connectivity index (χ4v) is 4.69. The molecular formula is C29H33N3O4. The molecule has 0 saturated carbocycles. The topological polar surface area (TPSA) is 75.5 Å². The summed E-state index contributed by atoms with van der Waals surface area (Å²) >= 11 is 0. The molecule has 0 saturated heterocycles.